The summed E-state index contributed by atoms with van der Waals surface area (Å²) in [6.45, 7) is 2.28. The average Bonchev–Trinajstić information content (AvgIpc) is 2.47. The van der Waals surface area contributed by atoms with Crippen LogP contribution in [0.1, 0.15) is 21.5 Å². The van der Waals surface area contributed by atoms with Gasteiger partial charge in [-0.1, -0.05) is 24.3 Å². The van der Waals surface area contributed by atoms with E-state index < -0.39 is 0 Å². The minimum Gasteiger partial charge on any atom is -0.507 e. The van der Waals surface area contributed by atoms with Gasteiger partial charge in [0.15, 0.2) is 0 Å². The monoisotopic (exact) mass is 285 g/mol. The molecule has 21 heavy (non-hydrogen) atoms. The van der Waals surface area contributed by atoms with Crippen molar-refractivity contribution in [1.82, 2.24) is 4.90 Å². The van der Waals surface area contributed by atoms with Crippen LogP contribution in [0.4, 0.5) is 0 Å². The fourth-order valence-corrected chi connectivity index (χ4v) is 2.19. The Morgan fingerprint density at radius 2 is 1.95 bits per heavy atom. The van der Waals surface area contributed by atoms with E-state index in [0.29, 0.717) is 12.1 Å². The topological polar surface area (TPSA) is 49.8 Å². The number of hydrogen-bond acceptors (Lipinski definition) is 3. The van der Waals surface area contributed by atoms with Crippen molar-refractivity contribution in [1.29, 1.82) is 0 Å². The summed E-state index contributed by atoms with van der Waals surface area (Å²) >= 11 is 0. The van der Waals surface area contributed by atoms with Crippen LogP contribution in [-0.2, 0) is 6.54 Å². The number of ether oxygens (including phenoxy) is 1. The van der Waals surface area contributed by atoms with E-state index in [9.17, 15) is 9.90 Å². The van der Waals surface area contributed by atoms with E-state index in [1.807, 2.05) is 37.3 Å². The second-order valence-corrected chi connectivity index (χ2v) is 4.99. The molecule has 0 bridgehead atoms. The molecule has 0 heterocycles. The number of benzene rings is 2. The second kappa shape index (κ2) is 6.31. The van der Waals surface area contributed by atoms with Gasteiger partial charge in [-0.25, -0.2) is 0 Å². The second-order valence-electron chi connectivity index (χ2n) is 4.99. The summed E-state index contributed by atoms with van der Waals surface area (Å²) in [6.07, 6.45) is 0. The predicted molar refractivity (Wildman–Crippen MR) is 81.6 cm³/mol. The Hall–Kier alpha value is -2.49. The highest BCUT2D eigenvalue weighted by Crippen LogP contribution is 2.23. The van der Waals surface area contributed by atoms with Crippen LogP contribution in [0.15, 0.2) is 42.5 Å². The zero-order chi connectivity index (χ0) is 15.4. The van der Waals surface area contributed by atoms with Crippen molar-refractivity contribution in [3.05, 3.63) is 59.2 Å². The minimum absolute atomic E-state index is 0.00637. The lowest BCUT2D eigenvalue weighted by atomic mass is 10.1. The standard InChI is InChI=1S/C17H19NO3/c1-12-8-9-14(15(19)10-12)17(20)18(2)11-13-6-4-5-7-16(13)21-3/h4-10,19H,11H2,1-3H3. The first-order valence-electron chi connectivity index (χ1n) is 6.70. The number of hydrogen-bond donors (Lipinski definition) is 1. The molecular weight excluding hydrogens is 266 g/mol. The first-order valence-corrected chi connectivity index (χ1v) is 6.70. The molecule has 0 aliphatic carbocycles. The number of amides is 1. The van der Waals surface area contributed by atoms with E-state index in [1.165, 1.54) is 0 Å². The van der Waals surface area contributed by atoms with Crippen LogP contribution in [0, 0.1) is 6.92 Å². The summed E-state index contributed by atoms with van der Waals surface area (Å²) in [6, 6.07) is 12.6. The minimum atomic E-state index is -0.224. The van der Waals surface area contributed by atoms with E-state index in [1.54, 1.807) is 31.2 Å². The van der Waals surface area contributed by atoms with E-state index in [2.05, 4.69) is 0 Å². The summed E-state index contributed by atoms with van der Waals surface area (Å²) in [5.74, 6) is 0.524. The van der Waals surface area contributed by atoms with Crippen molar-refractivity contribution in [3.8, 4) is 11.5 Å². The van der Waals surface area contributed by atoms with Crippen molar-refractivity contribution >= 4 is 5.91 Å². The zero-order valence-electron chi connectivity index (χ0n) is 12.5. The van der Waals surface area contributed by atoms with Gasteiger partial charge in [-0.15, -0.1) is 0 Å². The summed E-state index contributed by atoms with van der Waals surface area (Å²) in [5, 5.41) is 9.91. The number of para-hydroxylation sites is 1. The lowest BCUT2D eigenvalue weighted by Crippen LogP contribution is -2.26. The first-order chi connectivity index (χ1) is 10.0. The molecule has 0 saturated heterocycles. The molecule has 4 heteroatoms. The molecule has 2 aromatic carbocycles. The van der Waals surface area contributed by atoms with Gasteiger partial charge in [0.1, 0.15) is 11.5 Å². The van der Waals surface area contributed by atoms with Gasteiger partial charge in [-0.3, -0.25) is 4.79 Å². The Morgan fingerprint density at radius 1 is 1.24 bits per heavy atom. The number of aromatic hydroxyl groups is 1. The van der Waals surface area contributed by atoms with Crippen LogP contribution in [-0.4, -0.2) is 30.1 Å². The van der Waals surface area contributed by atoms with E-state index in [4.69, 9.17) is 4.74 Å². The fraction of sp³-hybridized carbons (Fsp3) is 0.235. The Morgan fingerprint density at radius 3 is 2.62 bits per heavy atom. The molecule has 0 spiro atoms. The number of carbonyl (C=O) groups is 1. The summed E-state index contributed by atoms with van der Waals surface area (Å²) < 4.78 is 5.28. The molecule has 1 amide bonds. The molecule has 0 fully saturated rings. The van der Waals surface area contributed by atoms with Crippen LogP contribution in [0.5, 0.6) is 11.5 Å². The number of rotatable bonds is 4. The number of nitrogens with zero attached hydrogens (tertiary/aromatic N) is 1. The van der Waals surface area contributed by atoms with Crippen molar-refractivity contribution < 1.29 is 14.6 Å². The Bertz CT molecular complexity index is 652. The number of phenols is 1. The van der Waals surface area contributed by atoms with E-state index in [0.717, 1.165) is 16.9 Å². The average molecular weight is 285 g/mol. The molecule has 0 aromatic heterocycles. The van der Waals surface area contributed by atoms with E-state index >= 15 is 0 Å². The van der Waals surface area contributed by atoms with Crippen LogP contribution in [0.2, 0.25) is 0 Å². The van der Waals surface area contributed by atoms with Gasteiger partial charge in [0, 0.05) is 19.2 Å². The molecule has 0 atom stereocenters. The third-order valence-electron chi connectivity index (χ3n) is 3.33. The highest BCUT2D eigenvalue weighted by Gasteiger charge is 2.17. The third kappa shape index (κ3) is 3.34. The van der Waals surface area contributed by atoms with Crippen molar-refractivity contribution in [2.24, 2.45) is 0 Å². The highest BCUT2D eigenvalue weighted by molar-refractivity contribution is 5.96. The van der Waals surface area contributed by atoms with Gasteiger partial charge in [-0.05, 0) is 30.7 Å². The SMILES string of the molecule is COc1ccccc1CN(C)C(=O)c1ccc(C)cc1O. The van der Waals surface area contributed by atoms with Crippen LogP contribution in [0.25, 0.3) is 0 Å². The van der Waals surface area contributed by atoms with Gasteiger partial charge in [0.25, 0.3) is 5.91 Å². The summed E-state index contributed by atoms with van der Waals surface area (Å²) in [5.41, 5.74) is 2.14. The van der Waals surface area contributed by atoms with Gasteiger partial charge in [-0.2, -0.15) is 0 Å². The largest absolute Gasteiger partial charge is 0.507 e. The van der Waals surface area contributed by atoms with Gasteiger partial charge < -0.3 is 14.7 Å². The highest BCUT2D eigenvalue weighted by atomic mass is 16.5. The van der Waals surface area contributed by atoms with Crippen molar-refractivity contribution in [2.45, 2.75) is 13.5 Å². The third-order valence-corrected chi connectivity index (χ3v) is 3.33. The molecule has 1 N–H and O–H groups in total. The molecule has 2 rings (SSSR count). The maximum absolute atomic E-state index is 12.4. The molecule has 2 aromatic rings. The first kappa shape index (κ1) is 14.9. The van der Waals surface area contributed by atoms with Crippen LogP contribution in [0.3, 0.4) is 0 Å². The number of aryl methyl sites for hydroxylation is 1. The lowest BCUT2D eigenvalue weighted by Gasteiger charge is -2.19. The smallest absolute Gasteiger partial charge is 0.257 e. The van der Waals surface area contributed by atoms with E-state index in [-0.39, 0.29) is 11.7 Å². The summed E-state index contributed by atoms with van der Waals surface area (Å²) in [4.78, 5) is 14.0. The molecule has 4 nitrogen and oxygen atoms in total. The lowest BCUT2D eigenvalue weighted by molar-refractivity contribution is 0.0781. The van der Waals surface area contributed by atoms with Gasteiger partial charge in [0.05, 0.1) is 12.7 Å². The van der Waals surface area contributed by atoms with Gasteiger partial charge in [0.2, 0.25) is 0 Å². The fourth-order valence-electron chi connectivity index (χ4n) is 2.19. The quantitative estimate of drug-likeness (QED) is 0.939. The zero-order valence-corrected chi connectivity index (χ0v) is 12.5. The molecule has 0 unspecified atom stereocenters. The van der Waals surface area contributed by atoms with Crippen molar-refractivity contribution in [3.63, 3.8) is 0 Å². The van der Waals surface area contributed by atoms with Gasteiger partial charge >= 0.3 is 0 Å². The Labute approximate surface area is 124 Å². The molecule has 0 radical (unpaired) electrons. The Balaban J connectivity index is 2.19. The molecule has 0 aliphatic rings. The summed E-state index contributed by atoms with van der Waals surface area (Å²) in [7, 11) is 3.31. The molecular formula is C17H19NO3. The number of carbonyl (C=O) groups excluding carboxylic acids is 1. The molecule has 0 aliphatic heterocycles. The molecule has 0 saturated carbocycles. The van der Waals surface area contributed by atoms with Crippen LogP contribution >= 0.6 is 0 Å². The van der Waals surface area contributed by atoms with Crippen LogP contribution < -0.4 is 4.74 Å². The number of phenolic OH excluding ortho intramolecular Hbond substituents is 1. The molecule has 110 valence electrons. The van der Waals surface area contributed by atoms with Crippen molar-refractivity contribution in [2.75, 3.05) is 14.2 Å². The maximum Gasteiger partial charge on any atom is 0.257 e. The number of methoxy groups -OCH3 is 1. The predicted octanol–water partition coefficient (Wildman–Crippen LogP) is 2.98. The maximum atomic E-state index is 12.4. The normalized spacial score (nSPS) is 10.2. The Kier molecular flexibility index (Phi) is 4.48.